The SMILES string of the molecule is Cc1csc(COc2c(F)cccc2CCl)n1. The molecule has 2 rings (SSSR count). The van der Waals surface area contributed by atoms with Gasteiger partial charge in [-0.1, -0.05) is 12.1 Å². The van der Waals surface area contributed by atoms with Gasteiger partial charge in [0.15, 0.2) is 11.6 Å². The lowest BCUT2D eigenvalue weighted by Crippen LogP contribution is -2.00. The van der Waals surface area contributed by atoms with Gasteiger partial charge in [-0.15, -0.1) is 22.9 Å². The molecular weight excluding hydrogens is 261 g/mol. The number of thiazole rings is 1. The molecule has 0 radical (unpaired) electrons. The summed E-state index contributed by atoms with van der Waals surface area (Å²) in [6.07, 6.45) is 0. The van der Waals surface area contributed by atoms with E-state index in [-0.39, 0.29) is 18.2 Å². The first-order valence-electron chi connectivity index (χ1n) is 5.08. The van der Waals surface area contributed by atoms with Crippen LogP contribution in [-0.2, 0) is 12.5 Å². The van der Waals surface area contributed by atoms with Crippen LogP contribution in [-0.4, -0.2) is 4.98 Å². The van der Waals surface area contributed by atoms with Crippen LogP contribution < -0.4 is 4.74 Å². The molecule has 2 nitrogen and oxygen atoms in total. The van der Waals surface area contributed by atoms with E-state index in [1.165, 1.54) is 17.4 Å². The van der Waals surface area contributed by atoms with Gasteiger partial charge in [0.25, 0.3) is 0 Å². The smallest absolute Gasteiger partial charge is 0.165 e. The van der Waals surface area contributed by atoms with Gasteiger partial charge >= 0.3 is 0 Å². The monoisotopic (exact) mass is 271 g/mol. The van der Waals surface area contributed by atoms with Gasteiger partial charge < -0.3 is 4.74 Å². The van der Waals surface area contributed by atoms with E-state index in [2.05, 4.69) is 4.98 Å². The third-order valence-corrected chi connectivity index (χ3v) is 3.43. The zero-order valence-corrected chi connectivity index (χ0v) is 10.8. The Labute approximate surface area is 108 Å². The number of halogens is 2. The minimum absolute atomic E-state index is 0.218. The molecular formula is C12H11ClFNOS. The molecule has 0 fully saturated rings. The maximum atomic E-state index is 13.5. The van der Waals surface area contributed by atoms with Crippen molar-refractivity contribution in [1.29, 1.82) is 0 Å². The molecule has 0 aliphatic heterocycles. The second-order valence-electron chi connectivity index (χ2n) is 3.53. The van der Waals surface area contributed by atoms with Crippen molar-refractivity contribution in [3.8, 4) is 5.75 Å². The van der Waals surface area contributed by atoms with Crippen molar-refractivity contribution in [2.75, 3.05) is 0 Å². The lowest BCUT2D eigenvalue weighted by molar-refractivity contribution is 0.287. The van der Waals surface area contributed by atoms with Crippen molar-refractivity contribution in [3.05, 3.63) is 45.7 Å². The average molecular weight is 272 g/mol. The Bertz CT molecular complexity index is 515. The molecule has 0 N–H and O–H groups in total. The van der Waals surface area contributed by atoms with Crippen LogP contribution in [0.3, 0.4) is 0 Å². The van der Waals surface area contributed by atoms with E-state index in [9.17, 15) is 4.39 Å². The summed E-state index contributed by atoms with van der Waals surface area (Å²) in [6.45, 7) is 2.18. The number of hydrogen-bond donors (Lipinski definition) is 0. The van der Waals surface area contributed by atoms with Crippen LogP contribution in [0.15, 0.2) is 23.6 Å². The zero-order valence-electron chi connectivity index (χ0n) is 9.24. The van der Waals surface area contributed by atoms with E-state index in [0.717, 1.165) is 10.7 Å². The van der Waals surface area contributed by atoms with E-state index in [1.807, 2.05) is 12.3 Å². The molecule has 0 aliphatic rings. The fourth-order valence-electron chi connectivity index (χ4n) is 1.42. The summed E-state index contributed by atoms with van der Waals surface area (Å²) in [5.41, 5.74) is 1.60. The van der Waals surface area contributed by atoms with Crippen LogP contribution in [0.1, 0.15) is 16.3 Å². The first-order chi connectivity index (χ1) is 8.20. The lowest BCUT2D eigenvalue weighted by Gasteiger charge is -2.09. The zero-order chi connectivity index (χ0) is 12.3. The third kappa shape index (κ3) is 2.96. The summed E-state index contributed by atoms with van der Waals surface area (Å²) < 4.78 is 19.0. The summed E-state index contributed by atoms with van der Waals surface area (Å²) in [5.74, 6) is 0.0519. The average Bonchev–Trinajstić information content (AvgIpc) is 2.73. The molecule has 0 saturated heterocycles. The van der Waals surface area contributed by atoms with Gasteiger partial charge in [0, 0.05) is 16.6 Å². The van der Waals surface area contributed by atoms with Crippen LogP contribution in [0.2, 0.25) is 0 Å². The van der Waals surface area contributed by atoms with Crippen molar-refractivity contribution in [2.45, 2.75) is 19.4 Å². The molecule has 0 bridgehead atoms. The molecule has 5 heteroatoms. The number of benzene rings is 1. The van der Waals surface area contributed by atoms with Gasteiger partial charge in [-0.3, -0.25) is 0 Å². The van der Waals surface area contributed by atoms with Gasteiger partial charge in [-0.25, -0.2) is 9.37 Å². The second-order valence-corrected chi connectivity index (χ2v) is 4.74. The molecule has 17 heavy (non-hydrogen) atoms. The van der Waals surface area contributed by atoms with Gasteiger partial charge in [0.2, 0.25) is 0 Å². The molecule has 0 saturated carbocycles. The Kier molecular flexibility index (Phi) is 3.97. The van der Waals surface area contributed by atoms with Crippen molar-refractivity contribution < 1.29 is 9.13 Å². The number of aromatic nitrogens is 1. The highest BCUT2D eigenvalue weighted by atomic mass is 35.5. The van der Waals surface area contributed by atoms with Gasteiger partial charge in [-0.2, -0.15) is 0 Å². The minimum Gasteiger partial charge on any atom is -0.483 e. The Morgan fingerprint density at radius 3 is 2.94 bits per heavy atom. The van der Waals surface area contributed by atoms with E-state index in [4.69, 9.17) is 16.3 Å². The van der Waals surface area contributed by atoms with Crippen LogP contribution in [0.4, 0.5) is 4.39 Å². The topological polar surface area (TPSA) is 22.1 Å². The van der Waals surface area contributed by atoms with Crippen molar-refractivity contribution in [2.24, 2.45) is 0 Å². The summed E-state index contributed by atoms with van der Waals surface area (Å²) in [4.78, 5) is 4.25. The van der Waals surface area contributed by atoms with Gasteiger partial charge in [0.05, 0.1) is 5.88 Å². The predicted octanol–water partition coefficient (Wildman–Crippen LogP) is 3.91. The molecule has 2 aromatic rings. The first kappa shape index (κ1) is 12.3. The van der Waals surface area contributed by atoms with Crippen LogP contribution in [0.5, 0.6) is 5.75 Å². The highest BCUT2D eigenvalue weighted by Gasteiger charge is 2.10. The highest BCUT2D eigenvalue weighted by Crippen LogP contribution is 2.25. The third-order valence-electron chi connectivity index (χ3n) is 2.20. The maximum absolute atomic E-state index is 13.5. The summed E-state index contributed by atoms with van der Waals surface area (Å²) in [7, 11) is 0. The number of aryl methyl sites for hydroxylation is 1. The Balaban J connectivity index is 2.13. The fraction of sp³-hybridized carbons (Fsp3) is 0.250. The molecule has 0 atom stereocenters. The Morgan fingerprint density at radius 2 is 2.29 bits per heavy atom. The number of para-hydroxylation sites is 1. The molecule has 0 amide bonds. The molecule has 0 unspecified atom stereocenters. The number of nitrogens with zero attached hydrogens (tertiary/aromatic N) is 1. The summed E-state index contributed by atoms with van der Waals surface area (Å²) in [6, 6.07) is 4.73. The Hall–Kier alpha value is -1.13. The van der Waals surface area contributed by atoms with E-state index in [0.29, 0.717) is 5.56 Å². The van der Waals surface area contributed by atoms with Gasteiger partial charge in [0.1, 0.15) is 11.6 Å². The van der Waals surface area contributed by atoms with Crippen molar-refractivity contribution >= 4 is 22.9 Å². The highest BCUT2D eigenvalue weighted by molar-refractivity contribution is 7.09. The largest absolute Gasteiger partial charge is 0.483 e. The summed E-state index contributed by atoms with van der Waals surface area (Å²) in [5, 5.41) is 2.76. The molecule has 1 heterocycles. The first-order valence-corrected chi connectivity index (χ1v) is 6.49. The molecule has 1 aromatic heterocycles. The molecule has 1 aromatic carbocycles. The quantitative estimate of drug-likeness (QED) is 0.787. The molecule has 90 valence electrons. The maximum Gasteiger partial charge on any atom is 0.165 e. The van der Waals surface area contributed by atoms with Gasteiger partial charge in [-0.05, 0) is 13.0 Å². The number of rotatable bonds is 4. The number of alkyl halides is 1. The summed E-state index contributed by atoms with van der Waals surface area (Å²) >= 11 is 7.23. The minimum atomic E-state index is -0.392. The van der Waals surface area contributed by atoms with Crippen LogP contribution in [0, 0.1) is 12.7 Å². The predicted molar refractivity (Wildman–Crippen MR) is 67.1 cm³/mol. The second kappa shape index (κ2) is 5.47. The fourth-order valence-corrected chi connectivity index (χ4v) is 2.32. The normalized spacial score (nSPS) is 10.5. The van der Waals surface area contributed by atoms with E-state index < -0.39 is 5.82 Å². The number of ether oxygens (including phenoxy) is 1. The van der Waals surface area contributed by atoms with Crippen LogP contribution >= 0.6 is 22.9 Å². The molecule has 0 aliphatic carbocycles. The molecule has 0 spiro atoms. The lowest BCUT2D eigenvalue weighted by atomic mass is 10.2. The van der Waals surface area contributed by atoms with Crippen LogP contribution in [0.25, 0.3) is 0 Å². The van der Waals surface area contributed by atoms with E-state index in [1.54, 1.807) is 12.1 Å². The number of hydrogen-bond acceptors (Lipinski definition) is 3. The Morgan fingerprint density at radius 1 is 1.47 bits per heavy atom. The standard InChI is InChI=1S/C12H11ClFNOS/c1-8-7-17-11(15-8)6-16-12-9(5-13)3-2-4-10(12)14/h2-4,7H,5-6H2,1H3. The van der Waals surface area contributed by atoms with E-state index >= 15 is 0 Å². The van der Waals surface area contributed by atoms with Crippen molar-refractivity contribution in [3.63, 3.8) is 0 Å². The van der Waals surface area contributed by atoms with Crippen molar-refractivity contribution in [1.82, 2.24) is 4.98 Å².